The van der Waals surface area contributed by atoms with Gasteiger partial charge in [-0.3, -0.25) is 0 Å². The fourth-order valence-corrected chi connectivity index (χ4v) is 7.28. The molecule has 238 valence electrons. The first-order valence-corrected chi connectivity index (χ1v) is 17.2. The zero-order valence-electron chi connectivity index (χ0n) is 27.6. The van der Waals surface area contributed by atoms with Crippen molar-refractivity contribution >= 4 is 43.5 Å². The number of fused-ring (bicyclic) bond motifs is 5. The first kappa shape index (κ1) is 29.1. The Kier molecular flexibility index (Phi) is 6.81. The molecule has 0 N–H and O–H groups in total. The molecule has 0 atom stereocenters. The number of nitrogens with zero attached hydrogens (tertiary/aromatic N) is 2. The van der Waals surface area contributed by atoms with Gasteiger partial charge in [0.1, 0.15) is 11.2 Å². The van der Waals surface area contributed by atoms with E-state index in [1.54, 1.807) is 0 Å². The highest BCUT2D eigenvalue weighted by Crippen LogP contribution is 2.38. The first-order valence-electron chi connectivity index (χ1n) is 17.2. The molecule has 51 heavy (non-hydrogen) atoms. The number of para-hydroxylation sites is 1. The minimum Gasteiger partial charge on any atom is -0.456 e. The van der Waals surface area contributed by atoms with E-state index in [1.165, 1.54) is 10.8 Å². The molecule has 0 unspecified atom stereocenters. The summed E-state index contributed by atoms with van der Waals surface area (Å²) in [4.78, 5) is 10.6. The Balaban J connectivity index is 1.21. The number of benzene rings is 8. The van der Waals surface area contributed by atoms with Crippen LogP contribution in [0.2, 0.25) is 0 Å². The van der Waals surface area contributed by atoms with Crippen molar-refractivity contribution in [3.05, 3.63) is 182 Å². The molecule has 0 radical (unpaired) electrons. The summed E-state index contributed by atoms with van der Waals surface area (Å²) in [7, 11) is 0. The predicted molar refractivity (Wildman–Crippen MR) is 212 cm³/mol. The molecule has 3 heteroatoms. The second-order valence-corrected chi connectivity index (χ2v) is 13.0. The zero-order chi connectivity index (χ0) is 33.7. The molecule has 0 saturated carbocycles. The van der Waals surface area contributed by atoms with Crippen LogP contribution in [0, 0.1) is 0 Å². The maximum atomic E-state index is 6.32. The van der Waals surface area contributed by atoms with E-state index in [0.717, 1.165) is 83.0 Å². The van der Waals surface area contributed by atoms with Crippen molar-refractivity contribution in [3.63, 3.8) is 0 Å². The number of furan rings is 1. The molecule has 0 aliphatic carbocycles. The molecule has 0 fully saturated rings. The third-order valence-corrected chi connectivity index (χ3v) is 9.85. The van der Waals surface area contributed by atoms with Crippen LogP contribution in [-0.4, -0.2) is 9.97 Å². The Morgan fingerprint density at radius 2 is 0.941 bits per heavy atom. The molecule has 2 aromatic heterocycles. The molecule has 0 spiro atoms. The summed E-state index contributed by atoms with van der Waals surface area (Å²) in [5.74, 6) is 0.697. The van der Waals surface area contributed by atoms with Gasteiger partial charge in [0, 0.05) is 27.5 Å². The Bertz CT molecular complexity index is 2920. The molecular weight excluding hydrogens is 621 g/mol. The van der Waals surface area contributed by atoms with E-state index in [4.69, 9.17) is 14.4 Å². The third kappa shape index (κ3) is 5.24. The quantitative estimate of drug-likeness (QED) is 0.186. The molecule has 2 heterocycles. The van der Waals surface area contributed by atoms with Gasteiger partial charge in [-0.1, -0.05) is 133 Å². The fraction of sp³-hybridized carbons (Fsp3) is 0. The minimum atomic E-state index is 0.697. The highest BCUT2D eigenvalue weighted by Gasteiger charge is 2.16. The Morgan fingerprint density at radius 3 is 1.80 bits per heavy atom. The Labute approximate surface area is 295 Å². The topological polar surface area (TPSA) is 38.9 Å². The van der Waals surface area contributed by atoms with Crippen molar-refractivity contribution in [3.8, 4) is 56.2 Å². The average molecular weight is 651 g/mol. The van der Waals surface area contributed by atoms with Crippen molar-refractivity contribution in [2.24, 2.45) is 0 Å². The molecule has 10 aromatic rings. The van der Waals surface area contributed by atoms with Crippen LogP contribution in [-0.2, 0) is 0 Å². The van der Waals surface area contributed by atoms with E-state index in [9.17, 15) is 0 Å². The van der Waals surface area contributed by atoms with Crippen LogP contribution in [0.1, 0.15) is 0 Å². The van der Waals surface area contributed by atoms with Gasteiger partial charge in [-0.15, -0.1) is 0 Å². The summed E-state index contributed by atoms with van der Waals surface area (Å²) in [6.45, 7) is 0. The third-order valence-electron chi connectivity index (χ3n) is 9.85. The highest BCUT2D eigenvalue weighted by atomic mass is 16.3. The Hall–Kier alpha value is -6.84. The highest BCUT2D eigenvalue weighted by molar-refractivity contribution is 6.06. The standard InChI is InChI=1S/C48H30N2O/c1-2-11-31(12-3-1)37-26-38(35-23-24-42-41-18-8-9-20-46(41)51-47(42)29-35)28-39(27-37)45-30-44(36-22-21-32-13-4-5-15-34(32)25-36)49-48(50-45)43-19-10-16-33-14-6-7-17-40(33)43/h1-30H. The number of rotatable bonds is 5. The monoisotopic (exact) mass is 650 g/mol. The van der Waals surface area contributed by atoms with Crippen LogP contribution in [0.25, 0.3) is 99.6 Å². The average Bonchev–Trinajstić information content (AvgIpc) is 3.58. The molecular formula is C48H30N2O. The van der Waals surface area contributed by atoms with E-state index in [2.05, 4.69) is 170 Å². The van der Waals surface area contributed by atoms with Crippen LogP contribution in [0.15, 0.2) is 186 Å². The largest absolute Gasteiger partial charge is 0.456 e. The van der Waals surface area contributed by atoms with Crippen molar-refractivity contribution in [2.75, 3.05) is 0 Å². The van der Waals surface area contributed by atoms with Crippen molar-refractivity contribution < 1.29 is 4.42 Å². The van der Waals surface area contributed by atoms with Gasteiger partial charge in [0.25, 0.3) is 0 Å². The van der Waals surface area contributed by atoms with Gasteiger partial charge in [0.15, 0.2) is 5.82 Å². The summed E-state index contributed by atoms with van der Waals surface area (Å²) in [5, 5.41) is 6.90. The molecule has 0 saturated heterocycles. The van der Waals surface area contributed by atoms with Crippen LogP contribution < -0.4 is 0 Å². The lowest BCUT2D eigenvalue weighted by molar-refractivity contribution is 0.669. The number of hydrogen-bond donors (Lipinski definition) is 0. The second kappa shape index (κ2) is 11.9. The first-order chi connectivity index (χ1) is 25.2. The van der Waals surface area contributed by atoms with Gasteiger partial charge in [0.2, 0.25) is 0 Å². The molecule has 0 amide bonds. The summed E-state index contributed by atoms with van der Waals surface area (Å²) >= 11 is 0. The minimum absolute atomic E-state index is 0.697. The summed E-state index contributed by atoms with van der Waals surface area (Å²) in [6.07, 6.45) is 0. The molecule has 3 nitrogen and oxygen atoms in total. The molecule has 0 aliphatic rings. The lowest BCUT2D eigenvalue weighted by Crippen LogP contribution is -1.97. The molecule has 0 aliphatic heterocycles. The normalized spacial score (nSPS) is 11.5. The molecule has 10 rings (SSSR count). The van der Waals surface area contributed by atoms with Gasteiger partial charge in [-0.05, 0) is 92.3 Å². The predicted octanol–water partition coefficient (Wildman–Crippen LogP) is 13.0. The summed E-state index contributed by atoms with van der Waals surface area (Å²) in [6, 6.07) is 64.0. The van der Waals surface area contributed by atoms with E-state index in [1.807, 2.05) is 12.1 Å². The van der Waals surface area contributed by atoms with E-state index < -0.39 is 0 Å². The van der Waals surface area contributed by atoms with Crippen LogP contribution in [0.5, 0.6) is 0 Å². The van der Waals surface area contributed by atoms with Crippen LogP contribution in [0.4, 0.5) is 0 Å². The maximum Gasteiger partial charge on any atom is 0.161 e. The van der Waals surface area contributed by atoms with E-state index >= 15 is 0 Å². The van der Waals surface area contributed by atoms with Gasteiger partial charge < -0.3 is 4.42 Å². The van der Waals surface area contributed by atoms with Gasteiger partial charge >= 0.3 is 0 Å². The summed E-state index contributed by atoms with van der Waals surface area (Å²) < 4.78 is 6.32. The van der Waals surface area contributed by atoms with E-state index in [0.29, 0.717) is 5.82 Å². The van der Waals surface area contributed by atoms with Crippen LogP contribution in [0.3, 0.4) is 0 Å². The lowest BCUT2D eigenvalue weighted by Gasteiger charge is -2.14. The SMILES string of the molecule is c1ccc(-c2cc(-c3ccc4c(c3)oc3ccccc34)cc(-c3cc(-c4ccc5ccccc5c4)nc(-c4cccc5ccccc45)n3)c2)cc1. The van der Waals surface area contributed by atoms with Gasteiger partial charge in [0.05, 0.1) is 11.4 Å². The van der Waals surface area contributed by atoms with E-state index in [-0.39, 0.29) is 0 Å². The van der Waals surface area contributed by atoms with Gasteiger partial charge in [-0.25, -0.2) is 9.97 Å². The lowest BCUT2D eigenvalue weighted by atomic mass is 9.94. The zero-order valence-corrected chi connectivity index (χ0v) is 27.6. The van der Waals surface area contributed by atoms with Crippen molar-refractivity contribution in [1.29, 1.82) is 0 Å². The Morgan fingerprint density at radius 1 is 0.314 bits per heavy atom. The second-order valence-electron chi connectivity index (χ2n) is 13.0. The number of aromatic nitrogens is 2. The van der Waals surface area contributed by atoms with Crippen molar-refractivity contribution in [1.82, 2.24) is 9.97 Å². The molecule has 8 aromatic carbocycles. The smallest absolute Gasteiger partial charge is 0.161 e. The van der Waals surface area contributed by atoms with Crippen LogP contribution >= 0.6 is 0 Å². The fourth-order valence-electron chi connectivity index (χ4n) is 7.28. The molecule has 0 bridgehead atoms. The maximum absolute atomic E-state index is 6.32. The summed E-state index contributed by atoms with van der Waals surface area (Å²) in [5.41, 5.74) is 11.0. The van der Waals surface area contributed by atoms with Gasteiger partial charge in [-0.2, -0.15) is 0 Å². The van der Waals surface area contributed by atoms with Crippen molar-refractivity contribution in [2.45, 2.75) is 0 Å². The number of hydrogen-bond acceptors (Lipinski definition) is 3.